The van der Waals surface area contributed by atoms with E-state index in [-0.39, 0.29) is 11.1 Å². The fraction of sp³-hybridized carbons (Fsp3) is 0.308. The third-order valence-corrected chi connectivity index (χ3v) is 6.80. The molecule has 5 aromatic rings. The van der Waals surface area contributed by atoms with E-state index in [2.05, 4.69) is 42.9 Å². The van der Waals surface area contributed by atoms with Crippen molar-refractivity contribution in [2.75, 3.05) is 0 Å². The molecule has 35 heavy (non-hydrogen) atoms. The summed E-state index contributed by atoms with van der Waals surface area (Å²) >= 11 is 1.68. The number of tetrazole rings is 1. The Morgan fingerprint density at radius 3 is 2.71 bits per heavy atom. The molecule has 5 rings (SSSR count). The summed E-state index contributed by atoms with van der Waals surface area (Å²) in [5.41, 5.74) is 1.97. The van der Waals surface area contributed by atoms with Crippen molar-refractivity contribution in [3.63, 3.8) is 0 Å². The van der Waals surface area contributed by atoms with Gasteiger partial charge in [-0.3, -0.25) is 9.69 Å². The Hall–Kier alpha value is -3.56. The molecule has 4 heterocycles. The minimum atomic E-state index is -0.509. The lowest BCUT2D eigenvalue weighted by Gasteiger charge is -2.32. The number of H-pyrrole nitrogens is 1. The lowest BCUT2D eigenvalue weighted by Crippen LogP contribution is -2.37. The van der Waals surface area contributed by atoms with Gasteiger partial charge in [0.25, 0.3) is 5.56 Å². The van der Waals surface area contributed by atoms with Crippen molar-refractivity contribution in [3.05, 3.63) is 98.1 Å². The van der Waals surface area contributed by atoms with Gasteiger partial charge in [-0.05, 0) is 85.3 Å². The highest BCUT2D eigenvalue weighted by atomic mass is 32.1. The van der Waals surface area contributed by atoms with Crippen molar-refractivity contribution >= 4 is 22.2 Å². The van der Waals surface area contributed by atoms with Crippen LogP contribution in [0.1, 0.15) is 54.4 Å². The van der Waals surface area contributed by atoms with Gasteiger partial charge in [0.15, 0.2) is 5.82 Å². The van der Waals surface area contributed by atoms with Crippen molar-refractivity contribution in [1.82, 2.24) is 30.1 Å². The molecule has 0 saturated carbocycles. The summed E-state index contributed by atoms with van der Waals surface area (Å²) < 4.78 is 7.52. The predicted octanol–water partition coefficient (Wildman–Crippen LogP) is 5.02. The van der Waals surface area contributed by atoms with Crippen LogP contribution in [0.15, 0.2) is 69.4 Å². The van der Waals surface area contributed by atoms with E-state index in [1.807, 2.05) is 64.1 Å². The van der Waals surface area contributed by atoms with Crippen molar-refractivity contribution in [2.45, 2.75) is 52.4 Å². The van der Waals surface area contributed by atoms with Gasteiger partial charge in [0.2, 0.25) is 0 Å². The minimum Gasteiger partial charge on any atom is -0.468 e. The van der Waals surface area contributed by atoms with E-state index in [4.69, 9.17) is 4.42 Å². The average Bonchev–Trinajstić information content (AvgIpc) is 3.57. The van der Waals surface area contributed by atoms with Crippen LogP contribution in [0.2, 0.25) is 0 Å². The third-order valence-electron chi connectivity index (χ3n) is 5.94. The molecule has 1 N–H and O–H groups in total. The number of furan rings is 1. The van der Waals surface area contributed by atoms with E-state index >= 15 is 0 Å². The second-order valence-electron chi connectivity index (χ2n) is 9.73. The number of thiophene rings is 1. The highest BCUT2D eigenvalue weighted by Crippen LogP contribution is 2.32. The normalized spacial score (nSPS) is 13.1. The number of nitrogens with one attached hydrogen (secondary N) is 1. The zero-order valence-electron chi connectivity index (χ0n) is 20.2. The van der Waals surface area contributed by atoms with Crippen LogP contribution in [-0.2, 0) is 18.6 Å². The fourth-order valence-electron chi connectivity index (χ4n) is 4.33. The monoisotopic (exact) mass is 488 g/mol. The van der Waals surface area contributed by atoms with Crippen LogP contribution >= 0.6 is 11.3 Å². The summed E-state index contributed by atoms with van der Waals surface area (Å²) in [5, 5.41) is 15.8. The van der Waals surface area contributed by atoms with Gasteiger partial charge in [-0.1, -0.05) is 17.7 Å². The molecule has 1 aromatic carbocycles. The van der Waals surface area contributed by atoms with E-state index in [1.165, 1.54) is 4.88 Å². The molecule has 9 heteroatoms. The molecule has 0 amide bonds. The first-order chi connectivity index (χ1) is 16.8. The van der Waals surface area contributed by atoms with Crippen molar-refractivity contribution in [2.24, 2.45) is 0 Å². The number of aromatic nitrogens is 5. The Morgan fingerprint density at radius 1 is 1.14 bits per heavy atom. The lowest BCUT2D eigenvalue weighted by molar-refractivity contribution is 0.173. The van der Waals surface area contributed by atoms with Gasteiger partial charge in [0.05, 0.1) is 18.3 Å². The van der Waals surface area contributed by atoms with Crippen molar-refractivity contribution < 1.29 is 4.42 Å². The summed E-state index contributed by atoms with van der Waals surface area (Å²) in [5.74, 6) is 1.41. The highest BCUT2D eigenvalue weighted by molar-refractivity contribution is 7.09. The van der Waals surface area contributed by atoms with Gasteiger partial charge in [-0.2, -0.15) is 0 Å². The van der Waals surface area contributed by atoms with Crippen molar-refractivity contribution in [3.8, 4) is 0 Å². The second-order valence-corrected chi connectivity index (χ2v) is 10.8. The standard InChI is InChI=1S/C26H28N6O2S/c1-17-9-10-22-18(13-17)14-21(25(33)27-22)23(24-28-29-30-32(24)26(2,3)4)31(15-19-7-5-11-34-19)16-20-8-6-12-35-20/h5-14,23H,15-16H2,1-4H3,(H,27,33). The quantitative estimate of drug-likeness (QED) is 0.346. The summed E-state index contributed by atoms with van der Waals surface area (Å²) in [6, 6.07) is 15.4. The fourth-order valence-corrected chi connectivity index (χ4v) is 5.06. The number of rotatable bonds is 7. The number of fused-ring (bicyclic) bond motifs is 1. The SMILES string of the molecule is Cc1ccc2[nH]c(=O)c(C(c3nnnn3C(C)(C)C)N(Cc3ccco3)Cc3cccs3)cc2c1. The topological polar surface area (TPSA) is 92.8 Å². The van der Waals surface area contributed by atoms with Crippen LogP contribution in [0.25, 0.3) is 10.9 Å². The number of nitrogens with zero attached hydrogens (tertiary/aromatic N) is 5. The number of aryl methyl sites for hydroxylation is 1. The molecule has 8 nitrogen and oxygen atoms in total. The Kier molecular flexibility index (Phi) is 6.12. The molecule has 0 aliphatic rings. The summed E-state index contributed by atoms with van der Waals surface area (Å²) in [6.45, 7) is 9.28. The van der Waals surface area contributed by atoms with E-state index < -0.39 is 6.04 Å². The molecule has 0 aliphatic heterocycles. The maximum atomic E-state index is 13.5. The van der Waals surface area contributed by atoms with Gasteiger partial charge in [-0.25, -0.2) is 4.68 Å². The highest BCUT2D eigenvalue weighted by Gasteiger charge is 2.34. The first kappa shape index (κ1) is 23.2. The van der Waals surface area contributed by atoms with Gasteiger partial charge >= 0.3 is 0 Å². The Bertz CT molecular complexity index is 1440. The third kappa shape index (κ3) is 4.82. The van der Waals surface area contributed by atoms with E-state index in [0.717, 1.165) is 22.2 Å². The van der Waals surface area contributed by atoms with Crippen molar-refractivity contribution in [1.29, 1.82) is 0 Å². The van der Waals surface area contributed by atoms with E-state index in [1.54, 1.807) is 22.3 Å². The summed E-state index contributed by atoms with van der Waals surface area (Å²) in [4.78, 5) is 20.0. The largest absolute Gasteiger partial charge is 0.468 e. The van der Waals surface area contributed by atoms with Crippen LogP contribution in [0.5, 0.6) is 0 Å². The molecule has 0 bridgehead atoms. The average molecular weight is 489 g/mol. The number of hydrogen-bond acceptors (Lipinski definition) is 7. The molecular weight excluding hydrogens is 460 g/mol. The Labute approximate surface area is 207 Å². The van der Waals surface area contributed by atoms with Crippen LogP contribution in [0, 0.1) is 6.92 Å². The molecule has 0 fully saturated rings. The van der Waals surface area contributed by atoms with Crippen LogP contribution < -0.4 is 5.56 Å². The molecule has 4 aromatic heterocycles. The second kappa shape index (κ2) is 9.24. The number of pyridine rings is 1. The maximum absolute atomic E-state index is 13.5. The molecule has 180 valence electrons. The predicted molar refractivity (Wildman–Crippen MR) is 136 cm³/mol. The number of aromatic amines is 1. The molecule has 1 unspecified atom stereocenters. The summed E-state index contributed by atoms with van der Waals surface area (Å²) in [6.07, 6.45) is 1.67. The Balaban J connectivity index is 1.73. The number of hydrogen-bond donors (Lipinski definition) is 1. The minimum absolute atomic E-state index is 0.162. The van der Waals surface area contributed by atoms with E-state index in [0.29, 0.717) is 24.5 Å². The van der Waals surface area contributed by atoms with Crippen LogP contribution in [0.3, 0.4) is 0 Å². The molecule has 1 atom stereocenters. The molecule has 0 saturated heterocycles. The molecule has 0 aliphatic carbocycles. The molecule has 0 radical (unpaired) electrons. The molecular formula is C26H28N6O2S. The zero-order valence-corrected chi connectivity index (χ0v) is 21.0. The lowest BCUT2D eigenvalue weighted by atomic mass is 10.0. The summed E-state index contributed by atoms with van der Waals surface area (Å²) in [7, 11) is 0. The first-order valence-corrected chi connectivity index (χ1v) is 12.4. The first-order valence-electron chi connectivity index (χ1n) is 11.5. The zero-order chi connectivity index (χ0) is 24.6. The molecule has 0 spiro atoms. The maximum Gasteiger partial charge on any atom is 0.253 e. The van der Waals surface area contributed by atoms with E-state index in [9.17, 15) is 4.79 Å². The van der Waals surface area contributed by atoms with Crippen LogP contribution in [-0.4, -0.2) is 30.1 Å². The van der Waals surface area contributed by atoms with Gasteiger partial charge in [0.1, 0.15) is 11.8 Å². The number of benzene rings is 1. The Morgan fingerprint density at radius 2 is 2.00 bits per heavy atom. The van der Waals surface area contributed by atoms with Crippen LogP contribution in [0.4, 0.5) is 0 Å². The smallest absolute Gasteiger partial charge is 0.253 e. The van der Waals surface area contributed by atoms with Gasteiger partial charge in [-0.15, -0.1) is 16.4 Å². The van der Waals surface area contributed by atoms with Gasteiger partial charge in [0, 0.05) is 22.5 Å². The van der Waals surface area contributed by atoms with Gasteiger partial charge < -0.3 is 9.40 Å².